The maximum absolute atomic E-state index is 12.3. The van der Waals surface area contributed by atoms with Gasteiger partial charge < -0.3 is 10.1 Å². The molecule has 2 aromatic carbocycles. The molecule has 2 aromatic rings. The maximum atomic E-state index is 12.3. The Hall–Kier alpha value is -2.09. The van der Waals surface area contributed by atoms with Crippen molar-refractivity contribution in [2.24, 2.45) is 0 Å². The summed E-state index contributed by atoms with van der Waals surface area (Å²) >= 11 is 6.18. The number of anilines is 1. The number of amides is 1. The van der Waals surface area contributed by atoms with Gasteiger partial charge in [-0.1, -0.05) is 29.8 Å². The quantitative estimate of drug-likeness (QED) is 0.571. The molecule has 158 valence electrons. The van der Waals surface area contributed by atoms with Crippen LogP contribution in [0.1, 0.15) is 36.2 Å². The van der Waals surface area contributed by atoms with Gasteiger partial charge in [-0.25, -0.2) is 8.42 Å². The molecule has 8 heteroatoms. The fourth-order valence-corrected chi connectivity index (χ4v) is 3.73. The molecule has 1 N–H and O–H groups in total. The summed E-state index contributed by atoms with van der Waals surface area (Å²) in [5.41, 5.74) is 1.63. The lowest BCUT2D eigenvalue weighted by atomic mass is 10.1. The van der Waals surface area contributed by atoms with E-state index in [0.717, 1.165) is 12.7 Å². The highest BCUT2D eigenvalue weighted by molar-refractivity contribution is 7.92. The molecule has 0 radical (unpaired) electrons. The van der Waals surface area contributed by atoms with Gasteiger partial charge in [0.05, 0.1) is 24.6 Å². The van der Waals surface area contributed by atoms with Crippen molar-refractivity contribution in [1.29, 1.82) is 0 Å². The van der Waals surface area contributed by atoms with Gasteiger partial charge in [0.15, 0.2) is 0 Å². The fourth-order valence-electron chi connectivity index (χ4n) is 2.66. The molecule has 0 heterocycles. The molecule has 0 saturated carbocycles. The van der Waals surface area contributed by atoms with Crippen LogP contribution in [-0.4, -0.2) is 39.8 Å². The smallest absolute Gasteiger partial charge is 0.251 e. The maximum Gasteiger partial charge on any atom is 0.251 e. The van der Waals surface area contributed by atoms with Crippen molar-refractivity contribution in [2.75, 3.05) is 23.7 Å². The lowest BCUT2D eigenvalue weighted by Crippen LogP contribution is -2.29. The van der Waals surface area contributed by atoms with Gasteiger partial charge >= 0.3 is 0 Å². The highest BCUT2D eigenvalue weighted by atomic mass is 35.5. The third-order valence-electron chi connectivity index (χ3n) is 4.15. The molecule has 0 fully saturated rings. The van der Waals surface area contributed by atoms with Crippen molar-refractivity contribution in [3.05, 3.63) is 64.7 Å². The van der Waals surface area contributed by atoms with E-state index < -0.39 is 10.0 Å². The summed E-state index contributed by atoms with van der Waals surface area (Å²) in [7, 11) is -3.53. The minimum Gasteiger partial charge on any atom is -0.379 e. The van der Waals surface area contributed by atoms with Gasteiger partial charge in [0, 0.05) is 23.7 Å². The number of benzene rings is 2. The Morgan fingerprint density at radius 3 is 2.38 bits per heavy atom. The fraction of sp³-hybridized carbons (Fsp3) is 0.381. The molecule has 0 saturated heterocycles. The molecule has 0 aliphatic rings. The van der Waals surface area contributed by atoms with Crippen molar-refractivity contribution in [3.8, 4) is 0 Å². The largest absolute Gasteiger partial charge is 0.379 e. The molecule has 0 spiro atoms. The van der Waals surface area contributed by atoms with E-state index >= 15 is 0 Å². The van der Waals surface area contributed by atoms with E-state index in [4.69, 9.17) is 16.3 Å². The average Bonchev–Trinajstić information content (AvgIpc) is 2.66. The van der Waals surface area contributed by atoms with Crippen molar-refractivity contribution >= 4 is 33.2 Å². The van der Waals surface area contributed by atoms with Crippen LogP contribution in [0.4, 0.5) is 5.69 Å². The molecule has 6 nitrogen and oxygen atoms in total. The Kier molecular flexibility index (Phi) is 8.49. The van der Waals surface area contributed by atoms with Crippen LogP contribution >= 0.6 is 11.6 Å². The van der Waals surface area contributed by atoms with Gasteiger partial charge in [-0.3, -0.25) is 9.10 Å². The molecule has 0 aliphatic heterocycles. The summed E-state index contributed by atoms with van der Waals surface area (Å²) in [5.74, 6) is -0.210. The first-order valence-electron chi connectivity index (χ1n) is 9.39. The summed E-state index contributed by atoms with van der Waals surface area (Å²) in [6.07, 6.45) is 2.03. The third-order valence-corrected chi connectivity index (χ3v) is 5.66. The zero-order chi connectivity index (χ0) is 21.4. The lowest BCUT2D eigenvalue weighted by molar-refractivity contribution is 0.0757. The van der Waals surface area contributed by atoms with Gasteiger partial charge in [-0.2, -0.15) is 0 Å². The van der Waals surface area contributed by atoms with Crippen molar-refractivity contribution < 1.29 is 17.9 Å². The van der Waals surface area contributed by atoms with Gasteiger partial charge in [-0.15, -0.1) is 0 Å². The second kappa shape index (κ2) is 10.6. The number of hydrogen-bond acceptors (Lipinski definition) is 4. The van der Waals surface area contributed by atoms with E-state index in [1.807, 2.05) is 13.8 Å². The molecule has 29 heavy (non-hydrogen) atoms. The van der Waals surface area contributed by atoms with Crippen molar-refractivity contribution in [2.45, 2.75) is 32.9 Å². The van der Waals surface area contributed by atoms with Gasteiger partial charge in [-0.05, 0) is 56.2 Å². The minimum atomic E-state index is -3.53. The van der Waals surface area contributed by atoms with Crippen LogP contribution in [0, 0.1) is 0 Å². The van der Waals surface area contributed by atoms with Gasteiger partial charge in [0.1, 0.15) is 0 Å². The molecule has 0 unspecified atom stereocenters. The molecule has 0 aliphatic carbocycles. The Morgan fingerprint density at radius 2 is 1.79 bits per heavy atom. The summed E-state index contributed by atoms with van der Waals surface area (Å²) in [6, 6.07) is 13.6. The van der Waals surface area contributed by atoms with Crippen LogP contribution in [0.3, 0.4) is 0 Å². The first kappa shape index (κ1) is 23.2. The number of nitrogens with one attached hydrogen (secondary N) is 1. The molecular weight excluding hydrogens is 412 g/mol. The van der Waals surface area contributed by atoms with Crippen molar-refractivity contribution in [3.63, 3.8) is 0 Å². The zero-order valence-corrected chi connectivity index (χ0v) is 18.5. The minimum absolute atomic E-state index is 0.111. The van der Waals surface area contributed by atoms with Crippen LogP contribution in [0.2, 0.25) is 5.02 Å². The second-order valence-corrected chi connectivity index (χ2v) is 9.25. The van der Waals surface area contributed by atoms with E-state index in [2.05, 4.69) is 5.32 Å². The number of carbonyl (C=O) groups is 1. The number of hydrogen-bond donors (Lipinski definition) is 1. The van der Waals surface area contributed by atoms with E-state index in [0.29, 0.717) is 35.0 Å². The third kappa shape index (κ3) is 7.34. The average molecular weight is 439 g/mol. The number of ether oxygens (including phenoxy) is 1. The van der Waals surface area contributed by atoms with E-state index in [1.54, 1.807) is 48.5 Å². The van der Waals surface area contributed by atoms with E-state index in [1.165, 1.54) is 4.31 Å². The lowest BCUT2D eigenvalue weighted by Gasteiger charge is -2.23. The molecular formula is C21H27ClN2O4S. The molecule has 0 atom stereocenters. The Bertz CT molecular complexity index is 915. The predicted molar refractivity (Wildman–Crippen MR) is 117 cm³/mol. The molecule has 0 aromatic heterocycles. The van der Waals surface area contributed by atoms with Crippen LogP contribution in [0.25, 0.3) is 0 Å². The number of halogens is 1. The highest BCUT2D eigenvalue weighted by Gasteiger charge is 2.19. The second-order valence-electron chi connectivity index (χ2n) is 6.94. The van der Waals surface area contributed by atoms with Crippen LogP contribution < -0.4 is 9.62 Å². The predicted octanol–water partition coefficient (Wildman–Crippen LogP) is 3.85. The number of sulfonamides is 1. The topological polar surface area (TPSA) is 75.7 Å². The Balaban J connectivity index is 2.05. The SMILES string of the molecule is CC(C)OCCCNC(=O)c1ccc(N(Cc2ccccc2Cl)S(C)(=O)=O)cc1. The first-order valence-corrected chi connectivity index (χ1v) is 11.6. The van der Waals surface area contributed by atoms with Crippen LogP contribution in [0.15, 0.2) is 48.5 Å². The molecule has 2 rings (SSSR count). The zero-order valence-electron chi connectivity index (χ0n) is 16.9. The summed E-state index contributed by atoms with van der Waals surface area (Å²) in [5, 5.41) is 3.33. The normalized spacial score (nSPS) is 11.5. The van der Waals surface area contributed by atoms with E-state index in [-0.39, 0.29) is 18.6 Å². The summed E-state index contributed by atoms with van der Waals surface area (Å²) in [4.78, 5) is 12.3. The van der Waals surface area contributed by atoms with Crippen molar-refractivity contribution in [1.82, 2.24) is 5.32 Å². The van der Waals surface area contributed by atoms with Crippen LogP contribution in [0.5, 0.6) is 0 Å². The highest BCUT2D eigenvalue weighted by Crippen LogP contribution is 2.24. The Morgan fingerprint density at radius 1 is 1.14 bits per heavy atom. The molecule has 1 amide bonds. The number of carbonyl (C=O) groups excluding carboxylic acids is 1. The molecule has 0 bridgehead atoms. The first-order chi connectivity index (χ1) is 13.7. The monoisotopic (exact) mass is 438 g/mol. The van der Waals surface area contributed by atoms with Crippen LogP contribution in [-0.2, 0) is 21.3 Å². The van der Waals surface area contributed by atoms with Gasteiger partial charge in [0.25, 0.3) is 5.91 Å². The van der Waals surface area contributed by atoms with E-state index in [9.17, 15) is 13.2 Å². The summed E-state index contributed by atoms with van der Waals surface area (Å²) < 4.78 is 31.3. The standard InChI is InChI=1S/C21H27ClN2O4S/c1-16(2)28-14-6-13-23-21(25)17-9-11-19(12-10-17)24(29(3,26)27)15-18-7-4-5-8-20(18)22/h4-5,7-12,16H,6,13-15H2,1-3H3,(H,23,25). The summed E-state index contributed by atoms with van der Waals surface area (Å²) in [6.45, 7) is 5.13. The number of nitrogens with zero attached hydrogens (tertiary/aromatic N) is 1. The number of rotatable bonds is 10. The Labute approximate surface area is 177 Å². The van der Waals surface area contributed by atoms with Gasteiger partial charge in [0.2, 0.25) is 10.0 Å².